The number of hydrogen-bond donors (Lipinski definition) is 0. The maximum Gasteiger partial charge on any atom is -0.00618 e. The fraction of sp³-hybridized carbons (Fsp3) is 0.818. The molecule has 0 nitrogen and oxygen atoms in total. The van der Waals surface area contributed by atoms with Crippen LogP contribution in [0.3, 0.4) is 0 Å². The Kier molecular flexibility index (Phi) is 3.24. The molecule has 0 bridgehead atoms. The number of rotatable bonds is 3. The summed E-state index contributed by atoms with van der Waals surface area (Å²) in [7, 11) is 0. The molecule has 0 aromatic heterocycles. The Bertz CT molecular complexity index is 201. The summed E-state index contributed by atoms with van der Waals surface area (Å²) in [4.78, 5) is 0. The topological polar surface area (TPSA) is 0 Å². The first kappa shape index (κ1) is 10.6. The summed E-state index contributed by atoms with van der Waals surface area (Å²) in [6.07, 6.45) is 4.02. The van der Waals surface area contributed by atoms with E-state index in [2.05, 4.69) is 50.3 Å². The molecule has 0 aliphatic heterocycles. The maximum atomic E-state index is 2.52. The van der Waals surface area contributed by atoms with E-state index in [1.165, 1.54) is 19.3 Å². The molecule has 0 saturated carbocycles. The molecule has 0 saturated heterocycles. The van der Waals surface area contributed by atoms with Gasteiger partial charge >= 0.3 is 0 Å². The highest BCUT2D eigenvalue weighted by Crippen LogP contribution is 2.45. The van der Waals surface area contributed by atoms with Gasteiger partial charge in [0, 0.05) is 0 Å². The molecular weight excluding hydrogens is 259 g/mol. The molecule has 1 atom stereocenters. The van der Waals surface area contributed by atoms with Crippen LogP contribution >= 0.6 is 22.6 Å². The molecule has 0 unspecified atom stereocenters. The summed E-state index contributed by atoms with van der Waals surface area (Å²) in [6, 6.07) is 0. The number of halogens is 1. The molecule has 0 aromatic carbocycles. The van der Waals surface area contributed by atoms with Crippen LogP contribution in [0.2, 0.25) is 0 Å². The van der Waals surface area contributed by atoms with E-state index in [1.807, 2.05) is 0 Å². The van der Waals surface area contributed by atoms with Crippen LogP contribution in [-0.2, 0) is 0 Å². The highest BCUT2D eigenvalue weighted by Gasteiger charge is 2.29. The fourth-order valence-corrected chi connectivity index (χ4v) is 2.41. The zero-order valence-corrected chi connectivity index (χ0v) is 10.7. The zero-order valence-electron chi connectivity index (χ0n) is 8.58. The first-order valence-corrected chi connectivity index (χ1v) is 5.89. The molecule has 0 amide bonds. The van der Waals surface area contributed by atoms with Crippen LogP contribution in [0.4, 0.5) is 0 Å². The lowest BCUT2D eigenvalue weighted by Crippen LogP contribution is -2.21. The minimum Gasteiger partial charge on any atom is -0.0649 e. The molecule has 0 spiro atoms. The third-order valence-electron chi connectivity index (χ3n) is 3.07. The van der Waals surface area contributed by atoms with Gasteiger partial charge in [-0.2, -0.15) is 0 Å². The SMILES string of the molecule is CCC(C)(C)C[C@H]1CC(C)=C1I. The van der Waals surface area contributed by atoms with Crippen molar-refractivity contribution >= 4 is 22.6 Å². The van der Waals surface area contributed by atoms with Crippen LogP contribution in [0.15, 0.2) is 9.15 Å². The first-order chi connectivity index (χ1) is 5.46. The normalized spacial score (nSPS) is 24.2. The van der Waals surface area contributed by atoms with Gasteiger partial charge in [0.25, 0.3) is 0 Å². The minimum absolute atomic E-state index is 0.543. The van der Waals surface area contributed by atoms with Crippen LogP contribution in [0.25, 0.3) is 0 Å². The molecule has 0 fully saturated rings. The lowest BCUT2D eigenvalue weighted by molar-refractivity contribution is 0.268. The molecule has 12 heavy (non-hydrogen) atoms. The summed E-state index contributed by atoms with van der Waals surface area (Å²) >= 11 is 2.52. The summed E-state index contributed by atoms with van der Waals surface area (Å²) in [5, 5.41) is 0. The number of hydrogen-bond acceptors (Lipinski definition) is 0. The molecule has 1 aliphatic carbocycles. The Morgan fingerprint density at radius 2 is 2.08 bits per heavy atom. The Labute approximate surface area is 90.0 Å². The van der Waals surface area contributed by atoms with E-state index in [-0.39, 0.29) is 0 Å². The van der Waals surface area contributed by atoms with Crippen molar-refractivity contribution in [3.8, 4) is 0 Å². The van der Waals surface area contributed by atoms with Gasteiger partial charge in [-0.05, 0) is 57.3 Å². The van der Waals surface area contributed by atoms with Gasteiger partial charge in [-0.25, -0.2) is 0 Å². The van der Waals surface area contributed by atoms with Gasteiger partial charge in [-0.15, -0.1) is 0 Å². The van der Waals surface area contributed by atoms with Crippen molar-refractivity contribution in [3.63, 3.8) is 0 Å². The van der Waals surface area contributed by atoms with Gasteiger partial charge in [0.15, 0.2) is 0 Å². The van der Waals surface area contributed by atoms with Crippen LogP contribution in [-0.4, -0.2) is 0 Å². The first-order valence-electron chi connectivity index (χ1n) is 4.81. The minimum atomic E-state index is 0.543. The molecule has 1 aliphatic rings. The van der Waals surface area contributed by atoms with E-state index in [1.54, 1.807) is 9.15 Å². The van der Waals surface area contributed by atoms with Crippen LogP contribution in [0.5, 0.6) is 0 Å². The summed E-state index contributed by atoms with van der Waals surface area (Å²) in [5.41, 5.74) is 2.16. The molecule has 0 heterocycles. The van der Waals surface area contributed by atoms with Gasteiger partial charge < -0.3 is 0 Å². The average molecular weight is 278 g/mol. The predicted octanol–water partition coefficient (Wildman–Crippen LogP) is 4.54. The summed E-state index contributed by atoms with van der Waals surface area (Å²) in [5.74, 6) is 0.889. The fourth-order valence-electron chi connectivity index (χ4n) is 1.75. The largest absolute Gasteiger partial charge is 0.0649 e. The molecule has 0 N–H and O–H groups in total. The van der Waals surface area contributed by atoms with Crippen LogP contribution < -0.4 is 0 Å². The molecular formula is C11H19I. The van der Waals surface area contributed by atoms with Crippen molar-refractivity contribution in [1.82, 2.24) is 0 Å². The van der Waals surface area contributed by atoms with Crippen molar-refractivity contribution < 1.29 is 0 Å². The van der Waals surface area contributed by atoms with Crippen molar-refractivity contribution in [2.75, 3.05) is 0 Å². The summed E-state index contributed by atoms with van der Waals surface area (Å²) < 4.78 is 1.63. The van der Waals surface area contributed by atoms with E-state index in [9.17, 15) is 0 Å². The van der Waals surface area contributed by atoms with Crippen molar-refractivity contribution in [3.05, 3.63) is 9.15 Å². The zero-order chi connectivity index (χ0) is 9.35. The molecule has 1 rings (SSSR count). The second-order valence-corrected chi connectivity index (χ2v) is 5.91. The van der Waals surface area contributed by atoms with Gasteiger partial charge in [0.05, 0.1) is 0 Å². The standard InChI is InChI=1S/C11H19I/c1-5-11(3,4)7-9-6-8(2)10(9)12/h9H,5-7H2,1-4H3/t9-/m1/s1. The van der Waals surface area contributed by atoms with Gasteiger partial charge in [0.1, 0.15) is 0 Å². The van der Waals surface area contributed by atoms with Gasteiger partial charge in [0.2, 0.25) is 0 Å². The van der Waals surface area contributed by atoms with Crippen molar-refractivity contribution in [2.45, 2.75) is 47.0 Å². The maximum absolute atomic E-state index is 2.52. The van der Waals surface area contributed by atoms with Gasteiger partial charge in [-0.3, -0.25) is 0 Å². The predicted molar refractivity (Wildman–Crippen MR) is 63.5 cm³/mol. The molecule has 70 valence electrons. The second-order valence-electron chi connectivity index (χ2n) is 4.75. The van der Waals surface area contributed by atoms with Crippen LogP contribution in [0.1, 0.15) is 47.0 Å². The lowest BCUT2D eigenvalue weighted by atomic mass is 9.74. The Hall–Kier alpha value is 0.470. The quantitative estimate of drug-likeness (QED) is 0.665. The lowest BCUT2D eigenvalue weighted by Gasteiger charge is -2.35. The van der Waals surface area contributed by atoms with E-state index in [0.717, 1.165) is 5.92 Å². The third kappa shape index (κ3) is 2.24. The average Bonchev–Trinajstić information content (AvgIpc) is 2.03. The van der Waals surface area contributed by atoms with Crippen molar-refractivity contribution in [2.24, 2.45) is 11.3 Å². The van der Waals surface area contributed by atoms with E-state index in [0.29, 0.717) is 5.41 Å². The smallest absolute Gasteiger partial charge is 0.00618 e. The van der Waals surface area contributed by atoms with E-state index < -0.39 is 0 Å². The highest BCUT2D eigenvalue weighted by molar-refractivity contribution is 14.1. The summed E-state index contributed by atoms with van der Waals surface area (Å²) in [6.45, 7) is 9.31. The number of allylic oxidation sites excluding steroid dienone is 2. The molecule has 0 aromatic rings. The molecule has 0 radical (unpaired) electrons. The Morgan fingerprint density at radius 1 is 1.50 bits per heavy atom. The Balaban J connectivity index is 2.46. The van der Waals surface area contributed by atoms with Crippen molar-refractivity contribution in [1.29, 1.82) is 0 Å². The highest BCUT2D eigenvalue weighted by atomic mass is 127. The van der Waals surface area contributed by atoms with Gasteiger partial charge in [-0.1, -0.05) is 32.8 Å². The second kappa shape index (κ2) is 3.69. The van der Waals surface area contributed by atoms with E-state index in [4.69, 9.17) is 0 Å². The third-order valence-corrected chi connectivity index (χ3v) is 4.88. The monoisotopic (exact) mass is 278 g/mol. The van der Waals surface area contributed by atoms with E-state index >= 15 is 0 Å². The molecule has 1 heteroatoms. The Morgan fingerprint density at radius 3 is 2.42 bits per heavy atom. The van der Waals surface area contributed by atoms with Crippen LogP contribution in [0, 0.1) is 11.3 Å².